The molecule has 5 heterocycles. The standard InChI is InChI=1S/C48H29N5/c1-4-12-35-30(9-1)21-24-49-45(35)33-17-19-43-40(27-33)42-28-41(47-37-14-6-3-11-32(37)23-26-51-47)38-15-7-8-16-39(38)48(42)53(43)44-20-18-34(29-52-44)46-36-13-5-2-10-31(36)22-25-50-46/h1-29H. The summed E-state index contributed by atoms with van der Waals surface area (Å²) in [4.78, 5) is 19.8. The van der Waals surface area contributed by atoms with E-state index < -0.39 is 0 Å². The van der Waals surface area contributed by atoms with Crippen molar-refractivity contribution in [3.05, 3.63) is 176 Å². The third-order valence-corrected chi connectivity index (χ3v) is 10.6. The van der Waals surface area contributed by atoms with Crippen LogP contribution in [0.1, 0.15) is 0 Å². The van der Waals surface area contributed by atoms with Crippen molar-refractivity contribution in [2.75, 3.05) is 0 Å². The van der Waals surface area contributed by atoms with Crippen LogP contribution in [0.4, 0.5) is 0 Å². The number of rotatable bonds is 4. The largest absolute Gasteiger partial charge is 0.293 e. The van der Waals surface area contributed by atoms with Gasteiger partial charge in [0.05, 0.1) is 28.1 Å². The molecule has 0 aliphatic carbocycles. The summed E-state index contributed by atoms with van der Waals surface area (Å²) in [6.45, 7) is 0. The van der Waals surface area contributed by atoms with E-state index in [1.165, 1.54) is 10.8 Å². The fourth-order valence-corrected chi connectivity index (χ4v) is 8.15. The Labute approximate surface area is 304 Å². The molecule has 11 aromatic rings. The van der Waals surface area contributed by atoms with Gasteiger partial charge in [0.25, 0.3) is 0 Å². The van der Waals surface area contributed by atoms with Gasteiger partial charge < -0.3 is 0 Å². The monoisotopic (exact) mass is 675 g/mol. The molecule has 11 rings (SSSR count). The number of hydrogen-bond acceptors (Lipinski definition) is 4. The molecule has 0 atom stereocenters. The molecule has 0 amide bonds. The average Bonchev–Trinajstić information content (AvgIpc) is 3.56. The smallest absolute Gasteiger partial charge is 0.137 e. The molecule has 0 N–H and O–H groups in total. The molecule has 0 bridgehead atoms. The molecule has 5 aromatic heterocycles. The second kappa shape index (κ2) is 11.7. The molecule has 0 radical (unpaired) electrons. The van der Waals surface area contributed by atoms with Crippen LogP contribution in [0.5, 0.6) is 0 Å². The van der Waals surface area contributed by atoms with Gasteiger partial charge in [-0.1, -0.05) is 103 Å². The molecule has 6 aromatic carbocycles. The van der Waals surface area contributed by atoms with Crippen molar-refractivity contribution < 1.29 is 0 Å². The Balaban J connectivity index is 1.21. The summed E-state index contributed by atoms with van der Waals surface area (Å²) in [5.74, 6) is 0.839. The molecule has 0 spiro atoms. The first-order valence-electron chi connectivity index (χ1n) is 17.8. The Morgan fingerprint density at radius 3 is 1.51 bits per heavy atom. The summed E-state index contributed by atoms with van der Waals surface area (Å²) >= 11 is 0. The third kappa shape index (κ3) is 4.57. The maximum atomic E-state index is 5.15. The average molecular weight is 676 g/mol. The molecule has 53 heavy (non-hydrogen) atoms. The number of aromatic nitrogens is 5. The van der Waals surface area contributed by atoms with Crippen molar-refractivity contribution in [2.24, 2.45) is 0 Å². The molecular formula is C48H29N5. The zero-order valence-corrected chi connectivity index (χ0v) is 28.5. The predicted octanol–water partition coefficient (Wildman–Crippen LogP) is 12.0. The molecule has 5 nitrogen and oxygen atoms in total. The fraction of sp³-hybridized carbons (Fsp3) is 0. The van der Waals surface area contributed by atoms with Crippen molar-refractivity contribution in [1.29, 1.82) is 0 Å². The Hall–Kier alpha value is -7.24. The highest BCUT2D eigenvalue weighted by atomic mass is 15.1. The van der Waals surface area contributed by atoms with Gasteiger partial charge in [-0.3, -0.25) is 19.5 Å². The predicted molar refractivity (Wildman–Crippen MR) is 218 cm³/mol. The number of pyridine rings is 4. The van der Waals surface area contributed by atoms with Gasteiger partial charge >= 0.3 is 0 Å². The first-order valence-corrected chi connectivity index (χ1v) is 17.8. The van der Waals surface area contributed by atoms with Gasteiger partial charge in [-0.05, 0) is 70.1 Å². The Bertz CT molecular complexity index is 3220. The van der Waals surface area contributed by atoms with E-state index in [0.717, 1.165) is 93.7 Å². The van der Waals surface area contributed by atoms with Crippen molar-refractivity contribution in [3.8, 4) is 39.6 Å². The minimum Gasteiger partial charge on any atom is -0.293 e. The molecule has 0 fully saturated rings. The lowest BCUT2D eigenvalue weighted by Gasteiger charge is -2.13. The van der Waals surface area contributed by atoms with Crippen molar-refractivity contribution in [3.63, 3.8) is 0 Å². The van der Waals surface area contributed by atoms with Crippen LogP contribution in [0.15, 0.2) is 176 Å². The van der Waals surface area contributed by atoms with Gasteiger partial charge in [0, 0.05) is 73.8 Å². The van der Waals surface area contributed by atoms with Crippen molar-refractivity contribution >= 4 is 64.9 Å². The first kappa shape index (κ1) is 29.5. The van der Waals surface area contributed by atoms with Crippen molar-refractivity contribution in [2.45, 2.75) is 0 Å². The van der Waals surface area contributed by atoms with Gasteiger partial charge in [0.15, 0.2) is 0 Å². The highest BCUT2D eigenvalue weighted by molar-refractivity contribution is 6.23. The van der Waals surface area contributed by atoms with E-state index in [9.17, 15) is 0 Å². The van der Waals surface area contributed by atoms with Crippen LogP contribution in [0, 0.1) is 0 Å². The summed E-state index contributed by atoms with van der Waals surface area (Å²) in [5.41, 5.74) is 8.18. The lowest BCUT2D eigenvalue weighted by Crippen LogP contribution is -1.99. The third-order valence-electron chi connectivity index (χ3n) is 10.6. The molecule has 0 saturated carbocycles. The van der Waals surface area contributed by atoms with E-state index in [0.29, 0.717) is 0 Å². The summed E-state index contributed by atoms with van der Waals surface area (Å²) < 4.78 is 2.31. The highest BCUT2D eigenvalue weighted by Gasteiger charge is 2.21. The second-order valence-corrected chi connectivity index (χ2v) is 13.5. The molecule has 0 saturated heterocycles. The van der Waals surface area contributed by atoms with Gasteiger partial charge in [-0.25, -0.2) is 4.98 Å². The molecule has 0 aliphatic rings. The zero-order valence-electron chi connectivity index (χ0n) is 28.5. The number of hydrogen-bond donors (Lipinski definition) is 0. The van der Waals surface area contributed by atoms with Gasteiger partial charge in [0.1, 0.15) is 5.82 Å². The van der Waals surface area contributed by atoms with Crippen LogP contribution in [0.2, 0.25) is 0 Å². The molecule has 5 heteroatoms. The fourth-order valence-electron chi connectivity index (χ4n) is 8.15. The normalized spacial score (nSPS) is 11.8. The van der Waals surface area contributed by atoms with Crippen LogP contribution in [0.3, 0.4) is 0 Å². The maximum Gasteiger partial charge on any atom is 0.137 e. The molecule has 0 unspecified atom stereocenters. The summed E-state index contributed by atoms with van der Waals surface area (Å²) in [6, 6.07) is 53.5. The molecule has 0 aliphatic heterocycles. The maximum absolute atomic E-state index is 5.15. The van der Waals surface area contributed by atoms with E-state index in [2.05, 4.69) is 150 Å². The zero-order chi connectivity index (χ0) is 34.9. The Morgan fingerprint density at radius 1 is 0.358 bits per heavy atom. The minimum absolute atomic E-state index is 0.839. The minimum atomic E-state index is 0.839. The van der Waals surface area contributed by atoms with E-state index in [1.807, 2.05) is 30.9 Å². The Kier molecular flexibility index (Phi) is 6.48. The van der Waals surface area contributed by atoms with Crippen molar-refractivity contribution in [1.82, 2.24) is 24.5 Å². The summed E-state index contributed by atoms with van der Waals surface area (Å²) in [5, 5.41) is 11.4. The van der Waals surface area contributed by atoms with E-state index in [4.69, 9.17) is 19.9 Å². The molecule has 246 valence electrons. The summed E-state index contributed by atoms with van der Waals surface area (Å²) in [6.07, 6.45) is 7.64. The lowest BCUT2D eigenvalue weighted by molar-refractivity contribution is 1.08. The lowest BCUT2D eigenvalue weighted by atomic mass is 9.95. The van der Waals surface area contributed by atoms with Gasteiger partial charge in [-0.15, -0.1) is 0 Å². The molecular weight excluding hydrogens is 647 g/mol. The number of benzene rings is 6. The van der Waals surface area contributed by atoms with Gasteiger partial charge in [-0.2, -0.15) is 0 Å². The van der Waals surface area contributed by atoms with Crippen LogP contribution in [0.25, 0.3) is 104 Å². The van der Waals surface area contributed by atoms with E-state index >= 15 is 0 Å². The topological polar surface area (TPSA) is 56.5 Å². The van der Waals surface area contributed by atoms with Crippen LogP contribution < -0.4 is 0 Å². The van der Waals surface area contributed by atoms with Crippen LogP contribution in [-0.2, 0) is 0 Å². The highest BCUT2D eigenvalue weighted by Crippen LogP contribution is 2.43. The number of fused-ring (bicyclic) bond motifs is 8. The Morgan fingerprint density at radius 2 is 0.887 bits per heavy atom. The SMILES string of the molecule is c1ccc2c(-c3ccc(-n4c5ccc(-c6nccc7ccccc67)cc5c5cc(-c6nccc7ccccc67)c6ccccc6c54)nc3)nccc2c1. The van der Waals surface area contributed by atoms with E-state index in [1.54, 1.807) is 0 Å². The van der Waals surface area contributed by atoms with Crippen LogP contribution in [-0.4, -0.2) is 24.5 Å². The van der Waals surface area contributed by atoms with E-state index in [-0.39, 0.29) is 0 Å². The quantitative estimate of drug-likeness (QED) is 0.186. The summed E-state index contributed by atoms with van der Waals surface area (Å²) in [7, 11) is 0. The number of nitrogens with zero attached hydrogens (tertiary/aromatic N) is 5. The second-order valence-electron chi connectivity index (χ2n) is 13.5. The van der Waals surface area contributed by atoms with Gasteiger partial charge in [0.2, 0.25) is 0 Å². The van der Waals surface area contributed by atoms with Crippen LogP contribution >= 0.6 is 0 Å². The first-order chi connectivity index (χ1) is 26.3.